The van der Waals surface area contributed by atoms with E-state index in [-0.39, 0.29) is 0 Å². The zero-order valence-corrected chi connectivity index (χ0v) is 12.9. The van der Waals surface area contributed by atoms with Crippen molar-refractivity contribution >= 4 is 33.2 Å². The first kappa shape index (κ1) is 13.9. The Balaban J connectivity index is 2.24. The second-order valence-corrected chi connectivity index (χ2v) is 5.41. The van der Waals surface area contributed by atoms with Crippen LogP contribution < -0.4 is 5.32 Å². The van der Waals surface area contributed by atoms with Crippen molar-refractivity contribution in [3.05, 3.63) is 44.6 Å². The second kappa shape index (κ2) is 5.64. The molecule has 4 nitrogen and oxygen atoms in total. The molecular weight excluding hydrogens is 328 g/mol. The van der Waals surface area contributed by atoms with Gasteiger partial charge in [0.2, 0.25) is 0 Å². The fourth-order valence-electron chi connectivity index (χ4n) is 1.82. The van der Waals surface area contributed by atoms with Gasteiger partial charge < -0.3 is 5.32 Å². The molecule has 0 radical (unpaired) electrons. The van der Waals surface area contributed by atoms with E-state index in [2.05, 4.69) is 32.4 Å². The van der Waals surface area contributed by atoms with E-state index in [1.54, 1.807) is 17.8 Å². The first-order valence-corrected chi connectivity index (χ1v) is 6.81. The van der Waals surface area contributed by atoms with Gasteiger partial charge in [-0.3, -0.25) is 4.68 Å². The molecule has 0 fully saturated rings. The summed E-state index contributed by atoms with van der Waals surface area (Å²) in [5, 5.41) is 17.2. The van der Waals surface area contributed by atoms with E-state index in [1.807, 2.05) is 19.1 Å². The molecule has 1 aromatic heterocycles. The Morgan fingerprint density at radius 1 is 1.53 bits per heavy atom. The average Bonchev–Trinajstić information content (AvgIpc) is 2.61. The molecule has 2 rings (SSSR count). The normalized spacial score (nSPS) is 10.3. The standard InChI is InChI=1S/C13H12BrClN4/c1-8-11(13(15)19(2)18-8)7-17-12-5-10(14)4-3-9(12)6-16/h3-5,17H,7H2,1-2H3. The van der Waals surface area contributed by atoms with Crippen molar-refractivity contribution in [3.8, 4) is 6.07 Å². The van der Waals surface area contributed by atoms with E-state index >= 15 is 0 Å². The molecular formula is C13H12BrClN4. The van der Waals surface area contributed by atoms with Gasteiger partial charge in [-0.2, -0.15) is 10.4 Å². The largest absolute Gasteiger partial charge is 0.380 e. The predicted octanol–water partition coefficient (Wildman–Crippen LogP) is 3.63. The smallest absolute Gasteiger partial charge is 0.131 e. The van der Waals surface area contributed by atoms with Crippen LogP contribution in [0.25, 0.3) is 0 Å². The Morgan fingerprint density at radius 2 is 2.26 bits per heavy atom. The van der Waals surface area contributed by atoms with Crippen LogP contribution in [0.2, 0.25) is 5.15 Å². The molecule has 0 aliphatic rings. The van der Waals surface area contributed by atoms with Gasteiger partial charge in [0.05, 0.1) is 16.9 Å². The van der Waals surface area contributed by atoms with Crippen molar-refractivity contribution in [3.63, 3.8) is 0 Å². The van der Waals surface area contributed by atoms with Gasteiger partial charge in [-0.15, -0.1) is 0 Å². The van der Waals surface area contributed by atoms with Crippen molar-refractivity contribution in [1.82, 2.24) is 9.78 Å². The summed E-state index contributed by atoms with van der Waals surface area (Å²) >= 11 is 9.56. The predicted molar refractivity (Wildman–Crippen MR) is 79.1 cm³/mol. The molecule has 0 spiro atoms. The molecule has 1 N–H and O–H groups in total. The van der Waals surface area contributed by atoms with Crippen molar-refractivity contribution in [2.45, 2.75) is 13.5 Å². The van der Waals surface area contributed by atoms with Gasteiger partial charge in [-0.05, 0) is 25.1 Å². The van der Waals surface area contributed by atoms with E-state index in [1.165, 1.54) is 0 Å². The van der Waals surface area contributed by atoms with Crippen LogP contribution in [0, 0.1) is 18.3 Å². The quantitative estimate of drug-likeness (QED) is 0.929. The SMILES string of the molecule is Cc1nn(C)c(Cl)c1CNc1cc(Br)ccc1C#N. The van der Waals surface area contributed by atoms with Gasteiger partial charge >= 0.3 is 0 Å². The summed E-state index contributed by atoms with van der Waals surface area (Å²) < 4.78 is 2.56. The van der Waals surface area contributed by atoms with Crippen molar-refractivity contribution in [2.75, 3.05) is 5.32 Å². The van der Waals surface area contributed by atoms with Gasteiger partial charge in [0, 0.05) is 23.6 Å². The molecule has 0 bridgehead atoms. The lowest BCUT2D eigenvalue weighted by Gasteiger charge is -2.08. The number of benzene rings is 1. The fraction of sp³-hybridized carbons (Fsp3) is 0.231. The molecule has 0 saturated carbocycles. The molecule has 0 aliphatic carbocycles. The van der Waals surface area contributed by atoms with Gasteiger partial charge in [0.25, 0.3) is 0 Å². The highest BCUT2D eigenvalue weighted by Crippen LogP contribution is 2.24. The van der Waals surface area contributed by atoms with Gasteiger partial charge in [0.1, 0.15) is 11.2 Å². The third kappa shape index (κ3) is 2.91. The molecule has 0 unspecified atom stereocenters. The molecule has 19 heavy (non-hydrogen) atoms. The Morgan fingerprint density at radius 3 is 2.84 bits per heavy atom. The molecule has 0 saturated heterocycles. The second-order valence-electron chi connectivity index (χ2n) is 4.13. The third-order valence-electron chi connectivity index (χ3n) is 2.83. The minimum absolute atomic E-state index is 0.531. The Hall–Kier alpha value is -1.51. The number of aryl methyl sites for hydroxylation is 2. The minimum Gasteiger partial charge on any atom is -0.380 e. The zero-order valence-electron chi connectivity index (χ0n) is 10.5. The Bertz CT molecular complexity index is 657. The topological polar surface area (TPSA) is 53.6 Å². The fourth-order valence-corrected chi connectivity index (χ4v) is 2.42. The molecule has 0 aliphatic heterocycles. The Kier molecular flexibility index (Phi) is 4.13. The highest BCUT2D eigenvalue weighted by Gasteiger charge is 2.11. The van der Waals surface area contributed by atoms with E-state index in [0.29, 0.717) is 17.3 Å². The summed E-state index contributed by atoms with van der Waals surface area (Å²) in [6.45, 7) is 2.44. The number of halogens is 2. The average molecular weight is 340 g/mol. The van der Waals surface area contributed by atoms with E-state index in [0.717, 1.165) is 21.4 Å². The van der Waals surface area contributed by atoms with Gasteiger partial charge in [-0.1, -0.05) is 27.5 Å². The van der Waals surface area contributed by atoms with Crippen LogP contribution in [0.15, 0.2) is 22.7 Å². The van der Waals surface area contributed by atoms with Gasteiger partial charge in [-0.25, -0.2) is 0 Å². The first-order valence-electron chi connectivity index (χ1n) is 5.64. The summed E-state index contributed by atoms with van der Waals surface area (Å²) in [5.74, 6) is 0. The van der Waals surface area contributed by atoms with Crippen LogP contribution in [-0.2, 0) is 13.6 Å². The van der Waals surface area contributed by atoms with Crippen LogP contribution in [0.5, 0.6) is 0 Å². The molecule has 0 amide bonds. The van der Waals surface area contributed by atoms with E-state index in [4.69, 9.17) is 16.9 Å². The number of nitriles is 1. The summed E-state index contributed by atoms with van der Waals surface area (Å²) in [6.07, 6.45) is 0. The van der Waals surface area contributed by atoms with Crippen LogP contribution in [0.1, 0.15) is 16.8 Å². The zero-order chi connectivity index (χ0) is 14.0. The lowest BCUT2D eigenvalue weighted by atomic mass is 10.2. The van der Waals surface area contributed by atoms with E-state index in [9.17, 15) is 0 Å². The maximum atomic E-state index is 9.07. The summed E-state index contributed by atoms with van der Waals surface area (Å²) in [7, 11) is 1.80. The van der Waals surface area contributed by atoms with Gasteiger partial charge in [0.15, 0.2) is 0 Å². The van der Waals surface area contributed by atoms with Crippen LogP contribution >= 0.6 is 27.5 Å². The molecule has 0 atom stereocenters. The van der Waals surface area contributed by atoms with E-state index < -0.39 is 0 Å². The summed E-state index contributed by atoms with van der Waals surface area (Å²) in [4.78, 5) is 0. The van der Waals surface area contributed by atoms with Crippen molar-refractivity contribution in [2.24, 2.45) is 7.05 Å². The Labute approximate surface area is 125 Å². The molecule has 98 valence electrons. The molecule has 6 heteroatoms. The van der Waals surface area contributed by atoms with Crippen LogP contribution in [0.3, 0.4) is 0 Å². The lowest BCUT2D eigenvalue weighted by Crippen LogP contribution is -2.02. The number of hydrogen-bond acceptors (Lipinski definition) is 3. The highest BCUT2D eigenvalue weighted by atomic mass is 79.9. The molecule has 1 aromatic carbocycles. The van der Waals surface area contributed by atoms with Crippen LogP contribution in [-0.4, -0.2) is 9.78 Å². The van der Waals surface area contributed by atoms with Crippen molar-refractivity contribution < 1.29 is 0 Å². The summed E-state index contributed by atoms with van der Waals surface area (Å²) in [5.41, 5.74) is 3.19. The first-order chi connectivity index (χ1) is 9.02. The molecule has 1 heterocycles. The number of anilines is 1. The number of nitrogens with one attached hydrogen (secondary N) is 1. The number of rotatable bonds is 3. The minimum atomic E-state index is 0.531. The maximum Gasteiger partial charge on any atom is 0.131 e. The number of aromatic nitrogens is 2. The lowest BCUT2D eigenvalue weighted by molar-refractivity contribution is 0.757. The van der Waals surface area contributed by atoms with Crippen LogP contribution in [0.4, 0.5) is 5.69 Å². The number of nitrogens with zero attached hydrogens (tertiary/aromatic N) is 3. The molecule has 2 aromatic rings. The highest BCUT2D eigenvalue weighted by molar-refractivity contribution is 9.10. The summed E-state index contributed by atoms with van der Waals surface area (Å²) in [6, 6.07) is 7.64. The number of hydrogen-bond donors (Lipinski definition) is 1. The monoisotopic (exact) mass is 338 g/mol. The maximum absolute atomic E-state index is 9.07. The van der Waals surface area contributed by atoms with Crippen molar-refractivity contribution in [1.29, 1.82) is 5.26 Å². The third-order valence-corrected chi connectivity index (χ3v) is 3.79.